The quantitative estimate of drug-likeness (QED) is 0.844. The van der Waals surface area contributed by atoms with E-state index in [1.54, 1.807) is 19.9 Å². The molecular formula is C16H15NO3. The first-order valence-corrected chi connectivity index (χ1v) is 6.42. The number of carbonyl (C=O) groups excluding carboxylic acids is 1. The van der Waals surface area contributed by atoms with Crippen LogP contribution in [0.5, 0.6) is 5.75 Å². The van der Waals surface area contributed by atoms with E-state index < -0.39 is 5.79 Å². The number of esters is 1. The summed E-state index contributed by atoms with van der Waals surface area (Å²) in [5, 5.41) is 3.26. The van der Waals surface area contributed by atoms with Crippen LogP contribution < -0.4 is 10.1 Å². The molecule has 102 valence electrons. The molecule has 0 atom stereocenters. The van der Waals surface area contributed by atoms with E-state index in [9.17, 15) is 4.79 Å². The molecule has 20 heavy (non-hydrogen) atoms. The molecular weight excluding hydrogens is 254 g/mol. The number of hydrogen-bond donors (Lipinski definition) is 1. The van der Waals surface area contributed by atoms with Crippen molar-refractivity contribution in [3.8, 4) is 5.75 Å². The fraction of sp³-hybridized carbons (Fsp3) is 0.188. The largest absolute Gasteiger partial charge is 0.452 e. The van der Waals surface area contributed by atoms with Crippen molar-refractivity contribution in [2.75, 3.05) is 5.32 Å². The summed E-state index contributed by atoms with van der Waals surface area (Å²) < 4.78 is 10.9. The Morgan fingerprint density at radius 2 is 1.70 bits per heavy atom. The van der Waals surface area contributed by atoms with Crippen molar-refractivity contribution in [2.45, 2.75) is 19.6 Å². The first-order valence-electron chi connectivity index (χ1n) is 6.42. The molecule has 4 heteroatoms. The van der Waals surface area contributed by atoms with Crippen LogP contribution >= 0.6 is 0 Å². The molecule has 0 bridgehead atoms. The molecule has 4 nitrogen and oxygen atoms in total. The number of fused-ring (bicyclic) bond motifs is 1. The van der Waals surface area contributed by atoms with Crippen LogP contribution in [0.25, 0.3) is 0 Å². The number of hydrogen-bond acceptors (Lipinski definition) is 4. The number of rotatable bonds is 2. The fourth-order valence-corrected chi connectivity index (χ4v) is 2.11. The molecule has 0 fully saturated rings. The van der Waals surface area contributed by atoms with Crippen LogP contribution in [0, 0.1) is 0 Å². The van der Waals surface area contributed by atoms with Crippen molar-refractivity contribution in [1.82, 2.24) is 0 Å². The van der Waals surface area contributed by atoms with Crippen LogP contribution in [-0.4, -0.2) is 11.8 Å². The third-order valence-corrected chi connectivity index (χ3v) is 2.96. The molecule has 0 radical (unpaired) electrons. The maximum atomic E-state index is 11.8. The number of carbonyl (C=O) groups is 1. The maximum absolute atomic E-state index is 11.8. The van der Waals surface area contributed by atoms with E-state index in [0.29, 0.717) is 11.3 Å². The molecule has 0 saturated heterocycles. The maximum Gasteiger partial charge on any atom is 0.345 e. The zero-order valence-electron chi connectivity index (χ0n) is 11.3. The lowest BCUT2D eigenvalue weighted by atomic mass is 10.1. The van der Waals surface area contributed by atoms with Crippen LogP contribution in [-0.2, 0) is 4.74 Å². The van der Waals surface area contributed by atoms with Crippen molar-refractivity contribution in [1.29, 1.82) is 0 Å². The zero-order valence-corrected chi connectivity index (χ0v) is 11.3. The van der Waals surface area contributed by atoms with Gasteiger partial charge >= 0.3 is 5.97 Å². The summed E-state index contributed by atoms with van der Waals surface area (Å²) in [4.78, 5) is 11.8. The number of nitrogens with one attached hydrogen (secondary N) is 1. The second-order valence-electron chi connectivity index (χ2n) is 5.09. The molecule has 1 aliphatic rings. The van der Waals surface area contributed by atoms with Crippen LogP contribution in [0.4, 0.5) is 11.4 Å². The van der Waals surface area contributed by atoms with Gasteiger partial charge in [0.25, 0.3) is 0 Å². The van der Waals surface area contributed by atoms with E-state index in [1.807, 2.05) is 42.5 Å². The Kier molecular flexibility index (Phi) is 2.86. The summed E-state index contributed by atoms with van der Waals surface area (Å²) in [6, 6.07) is 15.2. The molecule has 0 aromatic heterocycles. The highest BCUT2D eigenvalue weighted by Crippen LogP contribution is 2.33. The highest BCUT2D eigenvalue weighted by molar-refractivity contribution is 5.94. The monoisotopic (exact) mass is 269 g/mol. The van der Waals surface area contributed by atoms with Crippen molar-refractivity contribution in [3.05, 3.63) is 54.1 Å². The van der Waals surface area contributed by atoms with Crippen LogP contribution in [0.3, 0.4) is 0 Å². The normalized spacial score (nSPS) is 15.8. The average molecular weight is 269 g/mol. The second-order valence-corrected chi connectivity index (χ2v) is 5.09. The summed E-state index contributed by atoms with van der Waals surface area (Å²) in [6.07, 6.45) is 0. The third-order valence-electron chi connectivity index (χ3n) is 2.96. The molecule has 0 saturated carbocycles. The summed E-state index contributed by atoms with van der Waals surface area (Å²) >= 11 is 0. The SMILES string of the molecule is CC1(C)OC(=O)c2ccc(Nc3ccccc3)cc2O1. The molecule has 1 heterocycles. The van der Waals surface area contributed by atoms with Crippen LogP contribution in [0.2, 0.25) is 0 Å². The molecule has 2 aromatic carbocycles. The van der Waals surface area contributed by atoms with E-state index in [2.05, 4.69) is 5.32 Å². The van der Waals surface area contributed by atoms with Crippen LogP contribution in [0.15, 0.2) is 48.5 Å². The Hall–Kier alpha value is -2.49. The van der Waals surface area contributed by atoms with Gasteiger partial charge in [-0.15, -0.1) is 0 Å². The van der Waals surface area contributed by atoms with Gasteiger partial charge in [-0.3, -0.25) is 0 Å². The predicted octanol–water partition coefficient (Wildman–Crippen LogP) is 3.72. The molecule has 0 unspecified atom stereocenters. The van der Waals surface area contributed by atoms with Crippen molar-refractivity contribution in [2.24, 2.45) is 0 Å². The van der Waals surface area contributed by atoms with Gasteiger partial charge in [0, 0.05) is 31.3 Å². The molecule has 0 spiro atoms. The number of para-hydroxylation sites is 1. The smallest absolute Gasteiger partial charge is 0.345 e. The predicted molar refractivity (Wildman–Crippen MR) is 76.3 cm³/mol. The first kappa shape index (κ1) is 12.5. The molecule has 0 aliphatic carbocycles. The van der Waals surface area contributed by atoms with E-state index in [4.69, 9.17) is 9.47 Å². The van der Waals surface area contributed by atoms with E-state index in [0.717, 1.165) is 11.4 Å². The molecule has 2 aromatic rings. The summed E-state index contributed by atoms with van der Waals surface area (Å²) in [6.45, 7) is 3.43. The summed E-state index contributed by atoms with van der Waals surface area (Å²) in [5.74, 6) is -0.759. The van der Waals surface area contributed by atoms with Gasteiger partial charge < -0.3 is 14.8 Å². The number of anilines is 2. The highest BCUT2D eigenvalue weighted by Gasteiger charge is 2.33. The third kappa shape index (κ3) is 2.45. The standard InChI is InChI=1S/C16H15NO3/c1-16(2)19-14-10-12(8-9-13(14)15(18)20-16)17-11-6-4-3-5-7-11/h3-10,17H,1-2H3. The van der Waals surface area contributed by atoms with Crippen molar-refractivity contribution < 1.29 is 14.3 Å². The number of benzene rings is 2. The lowest BCUT2D eigenvalue weighted by Gasteiger charge is -2.31. The van der Waals surface area contributed by atoms with Gasteiger partial charge in [-0.1, -0.05) is 18.2 Å². The van der Waals surface area contributed by atoms with Gasteiger partial charge in [0.05, 0.1) is 0 Å². The van der Waals surface area contributed by atoms with Gasteiger partial charge in [0.2, 0.25) is 5.79 Å². The van der Waals surface area contributed by atoms with E-state index >= 15 is 0 Å². The minimum atomic E-state index is -0.935. The van der Waals surface area contributed by atoms with Gasteiger partial charge in [-0.25, -0.2) is 4.79 Å². The molecule has 3 rings (SSSR count). The molecule has 1 aliphatic heterocycles. The highest BCUT2D eigenvalue weighted by atomic mass is 16.7. The number of ether oxygens (including phenoxy) is 2. The lowest BCUT2D eigenvalue weighted by Crippen LogP contribution is -2.38. The second kappa shape index (κ2) is 4.56. The van der Waals surface area contributed by atoms with Gasteiger partial charge in [0.1, 0.15) is 11.3 Å². The van der Waals surface area contributed by atoms with E-state index in [-0.39, 0.29) is 5.97 Å². The van der Waals surface area contributed by atoms with Gasteiger partial charge in [-0.05, 0) is 24.3 Å². The minimum absolute atomic E-state index is 0.359. The number of cyclic esters (lactones) is 1. The first-order chi connectivity index (χ1) is 9.53. The Morgan fingerprint density at radius 3 is 2.45 bits per heavy atom. The Balaban J connectivity index is 1.91. The van der Waals surface area contributed by atoms with Gasteiger partial charge in [-0.2, -0.15) is 0 Å². The van der Waals surface area contributed by atoms with Crippen molar-refractivity contribution >= 4 is 17.3 Å². The lowest BCUT2D eigenvalue weighted by molar-refractivity contribution is -0.127. The minimum Gasteiger partial charge on any atom is -0.452 e. The summed E-state index contributed by atoms with van der Waals surface area (Å²) in [5.41, 5.74) is 2.29. The fourth-order valence-electron chi connectivity index (χ4n) is 2.11. The van der Waals surface area contributed by atoms with Crippen LogP contribution in [0.1, 0.15) is 24.2 Å². The topological polar surface area (TPSA) is 47.6 Å². The van der Waals surface area contributed by atoms with E-state index in [1.165, 1.54) is 0 Å². The van der Waals surface area contributed by atoms with Gasteiger partial charge in [0.15, 0.2) is 0 Å². The summed E-state index contributed by atoms with van der Waals surface area (Å²) in [7, 11) is 0. The zero-order chi connectivity index (χ0) is 14.2. The average Bonchev–Trinajstić information content (AvgIpc) is 2.38. The Morgan fingerprint density at radius 1 is 0.950 bits per heavy atom. The molecule has 0 amide bonds. The molecule has 1 N–H and O–H groups in total. The van der Waals surface area contributed by atoms with Crippen molar-refractivity contribution in [3.63, 3.8) is 0 Å². The Bertz CT molecular complexity index is 650. The Labute approximate surface area is 117 Å².